The van der Waals surface area contributed by atoms with Crippen molar-refractivity contribution >= 4 is 11.5 Å². The molecule has 148 valence electrons. The van der Waals surface area contributed by atoms with Crippen molar-refractivity contribution in [1.29, 1.82) is 0 Å². The maximum Gasteiger partial charge on any atom is 0.421 e. The molecule has 27 heavy (non-hydrogen) atoms. The summed E-state index contributed by atoms with van der Waals surface area (Å²) in [5.74, 6) is 0.492. The van der Waals surface area contributed by atoms with Crippen LogP contribution in [0.2, 0.25) is 0 Å². The van der Waals surface area contributed by atoms with Crippen LogP contribution < -0.4 is 9.64 Å². The Bertz CT molecular complexity index is 743. The molecular formula is C20H26F3N3O. The van der Waals surface area contributed by atoms with Gasteiger partial charge in [-0.05, 0) is 36.0 Å². The van der Waals surface area contributed by atoms with Crippen LogP contribution in [0.15, 0.2) is 30.5 Å². The van der Waals surface area contributed by atoms with Crippen LogP contribution in [0.3, 0.4) is 0 Å². The van der Waals surface area contributed by atoms with Gasteiger partial charge in [0.05, 0.1) is 6.61 Å². The van der Waals surface area contributed by atoms with Crippen molar-refractivity contribution in [3.05, 3.63) is 41.6 Å². The molecule has 0 bridgehead atoms. The van der Waals surface area contributed by atoms with Gasteiger partial charge in [-0.15, -0.1) is 0 Å². The van der Waals surface area contributed by atoms with Crippen molar-refractivity contribution < 1.29 is 17.9 Å². The summed E-state index contributed by atoms with van der Waals surface area (Å²) in [7, 11) is 1.56. The Balaban J connectivity index is 2.36. The Hall–Kier alpha value is -2.31. The molecule has 0 N–H and O–H groups in total. The summed E-state index contributed by atoms with van der Waals surface area (Å²) < 4.78 is 45.7. The molecule has 0 unspecified atom stereocenters. The fourth-order valence-electron chi connectivity index (χ4n) is 2.57. The van der Waals surface area contributed by atoms with Crippen LogP contribution in [0.25, 0.3) is 0 Å². The lowest BCUT2D eigenvalue weighted by molar-refractivity contribution is -0.137. The minimum absolute atomic E-state index is 0.0602. The number of hydrogen-bond acceptors (Lipinski definition) is 4. The van der Waals surface area contributed by atoms with Crippen LogP contribution in [0, 0.1) is 11.8 Å². The highest BCUT2D eigenvalue weighted by Gasteiger charge is 2.36. The molecule has 0 saturated carbocycles. The number of aromatic nitrogens is 2. The summed E-state index contributed by atoms with van der Waals surface area (Å²) in [6.45, 7) is 8.45. The average molecular weight is 381 g/mol. The average Bonchev–Trinajstić information content (AvgIpc) is 2.58. The molecule has 1 heterocycles. The quantitative estimate of drug-likeness (QED) is 0.635. The molecule has 1 aromatic heterocycles. The first-order valence-corrected chi connectivity index (χ1v) is 8.97. The second kappa shape index (κ2) is 8.59. The summed E-state index contributed by atoms with van der Waals surface area (Å²) in [6, 6.07) is 7.39. The highest BCUT2D eigenvalue weighted by molar-refractivity contribution is 5.63. The van der Waals surface area contributed by atoms with Gasteiger partial charge in [0, 0.05) is 18.9 Å². The van der Waals surface area contributed by atoms with Crippen LogP contribution in [-0.4, -0.2) is 23.6 Å². The molecule has 0 radical (unpaired) electrons. The number of nitrogens with zero attached hydrogens (tertiary/aromatic N) is 3. The molecule has 0 aliphatic carbocycles. The molecule has 7 heteroatoms. The third kappa shape index (κ3) is 5.84. The van der Waals surface area contributed by atoms with Gasteiger partial charge in [-0.3, -0.25) is 0 Å². The summed E-state index contributed by atoms with van der Waals surface area (Å²) in [4.78, 5) is 9.16. The van der Waals surface area contributed by atoms with E-state index in [-0.39, 0.29) is 17.7 Å². The molecule has 0 aliphatic rings. The maximum atomic E-state index is 13.4. The van der Waals surface area contributed by atoms with E-state index in [1.807, 2.05) is 26.0 Å². The molecular weight excluding hydrogens is 355 g/mol. The van der Waals surface area contributed by atoms with E-state index in [1.165, 1.54) is 4.90 Å². The number of benzene rings is 1. The minimum atomic E-state index is -4.56. The second-order valence-electron chi connectivity index (χ2n) is 7.42. The second-order valence-corrected chi connectivity index (χ2v) is 7.42. The fraction of sp³-hybridized carbons (Fsp3) is 0.500. The van der Waals surface area contributed by atoms with Crippen LogP contribution in [0.4, 0.5) is 24.7 Å². The molecule has 2 rings (SSSR count). The Morgan fingerprint density at radius 2 is 1.67 bits per heavy atom. The van der Waals surface area contributed by atoms with E-state index in [4.69, 9.17) is 4.74 Å². The summed E-state index contributed by atoms with van der Waals surface area (Å²) in [6.07, 6.45) is -2.86. The van der Waals surface area contributed by atoms with Crippen LogP contribution in [0.5, 0.6) is 6.01 Å². The molecule has 4 nitrogen and oxygen atoms in total. The van der Waals surface area contributed by atoms with E-state index in [9.17, 15) is 13.2 Å². The molecule has 2 aromatic rings. The van der Waals surface area contributed by atoms with Gasteiger partial charge >= 0.3 is 12.2 Å². The van der Waals surface area contributed by atoms with Crippen molar-refractivity contribution in [2.45, 2.75) is 40.3 Å². The summed E-state index contributed by atoms with van der Waals surface area (Å²) >= 11 is 0. The van der Waals surface area contributed by atoms with Crippen LogP contribution in [0.1, 0.15) is 38.8 Å². The number of hydrogen-bond donors (Lipinski definition) is 0. The molecule has 0 saturated heterocycles. The molecule has 0 spiro atoms. The first-order valence-electron chi connectivity index (χ1n) is 8.97. The largest absolute Gasteiger partial charge is 0.463 e. The Kier molecular flexibility index (Phi) is 6.68. The van der Waals surface area contributed by atoms with Gasteiger partial charge in [0.15, 0.2) is 5.82 Å². The van der Waals surface area contributed by atoms with E-state index >= 15 is 0 Å². The Morgan fingerprint density at radius 1 is 1.04 bits per heavy atom. The number of rotatable bonds is 7. The third-order valence-electron chi connectivity index (χ3n) is 3.88. The normalized spacial score (nSPS) is 11.9. The standard InChI is InChI=1S/C20H26F3N3O/c1-13(2)10-15-6-8-16(9-7-15)26(5)18-17(20(21,22)23)11-24-19(25-18)27-12-14(3)4/h6-9,11,13-14H,10,12H2,1-5H3. The number of ether oxygens (including phenoxy) is 1. The van der Waals surface area contributed by atoms with Gasteiger partial charge in [0.2, 0.25) is 0 Å². The van der Waals surface area contributed by atoms with Gasteiger partial charge in [-0.25, -0.2) is 4.98 Å². The highest BCUT2D eigenvalue weighted by atomic mass is 19.4. The van der Waals surface area contributed by atoms with Gasteiger partial charge in [0.1, 0.15) is 5.56 Å². The van der Waals surface area contributed by atoms with E-state index in [2.05, 4.69) is 23.8 Å². The molecule has 0 atom stereocenters. The fourth-order valence-corrected chi connectivity index (χ4v) is 2.57. The number of anilines is 2. The molecule has 0 aliphatic heterocycles. The van der Waals surface area contributed by atoms with Crippen LogP contribution in [-0.2, 0) is 12.6 Å². The lowest BCUT2D eigenvalue weighted by Crippen LogP contribution is -2.20. The minimum Gasteiger partial charge on any atom is -0.463 e. The lowest BCUT2D eigenvalue weighted by Gasteiger charge is -2.23. The Morgan fingerprint density at radius 3 is 2.19 bits per heavy atom. The van der Waals surface area contributed by atoms with Gasteiger partial charge in [0.25, 0.3) is 0 Å². The topological polar surface area (TPSA) is 38.2 Å². The summed E-state index contributed by atoms with van der Waals surface area (Å²) in [5, 5.41) is 0. The lowest BCUT2D eigenvalue weighted by atomic mass is 10.0. The van der Waals surface area contributed by atoms with Gasteiger partial charge < -0.3 is 9.64 Å². The predicted molar refractivity (Wildman–Crippen MR) is 100 cm³/mol. The highest BCUT2D eigenvalue weighted by Crippen LogP contribution is 2.37. The van der Waals surface area contributed by atoms with E-state index in [1.54, 1.807) is 19.2 Å². The monoisotopic (exact) mass is 381 g/mol. The van der Waals surface area contributed by atoms with E-state index in [0.717, 1.165) is 18.2 Å². The van der Waals surface area contributed by atoms with Crippen molar-refractivity contribution in [2.24, 2.45) is 11.8 Å². The van der Waals surface area contributed by atoms with Gasteiger partial charge in [-0.2, -0.15) is 18.2 Å². The van der Waals surface area contributed by atoms with Crippen molar-refractivity contribution in [3.8, 4) is 6.01 Å². The summed E-state index contributed by atoms with van der Waals surface area (Å²) in [5.41, 5.74) is 0.858. The maximum absolute atomic E-state index is 13.4. The van der Waals surface area contributed by atoms with E-state index < -0.39 is 11.7 Å². The van der Waals surface area contributed by atoms with Gasteiger partial charge in [-0.1, -0.05) is 39.8 Å². The van der Waals surface area contributed by atoms with E-state index in [0.29, 0.717) is 18.2 Å². The Labute approximate surface area is 158 Å². The number of halogens is 3. The SMILES string of the molecule is CC(C)COc1ncc(C(F)(F)F)c(N(C)c2ccc(CC(C)C)cc2)n1. The molecule has 0 fully saturated rings. The molecule has 0 amide bonds. The zero-order valence-electron chi connectivity index (χ0n) is 16.3. The zero-order valence-corrected chi connectivity index (χ0v) is 16.3. The first-order chi connectivity index (χ1) is 12.6. The zero-order chi connectivity index (χ0) is 20.2. The first kappa shape index (κ1) is 21.0. The van der Waals surface area contributed by atoms with Crippen molar-refractivity contribution in [3.63, 3.8) is 0 Å². The molecule has 1 aromatic carbocycles. The predicted octanol–water partition coefficient (Wildman–Crippen LogP) is 5.50. The third-order valence-corrected chi connectivity index (χ3v) is 3.88. The number of alkyl halides is 3. The van der Waals surface area contributed by atoms with Crippen molar-refractivity contribution in [1.82, 2.24) is 9.97 Å². The van der Waals surface area contributed by atoms with Crippen molar-refractivity contribution in [2.75, 3.05) is 18.6 Å². The smallest absolute Gasteiger partial charge is 0.421 e. The van der Waals surface area contributed by atoms with Crippen LogP contribution >= 0.6 is 0 Å².